The van der Waals surface area contributed by atoms with Crippen molar-refractivity contribution in [2.75, 3.05) is 18.9 Å². The number of hydrogen-bond acceptors (Lipinski definition) is 3. The Bertz CT molecular complexity index is 549. The van der Waals surface area contributed by atoms with Crippen molar-refractivity contribution in [3.8, 4) is 11.3 Å². The molecule has 1 fully saturated rings. The second kappa shape index (κ2) is 5.67. The average molecular weight is 270 g/mol. The van der Waals surface area contributed by atoms with Crippen LogP contribution < -0.4 is 5.32 Å². The van der Waals surface area contributed by atoms with Crippen molar-refractivity contribution < 1.29 is 0 Å². The van der Waals surface area contributed by atoms with Crippen LogP contribution in [0.2, 0.25) is 0 Å². The molecule has 2 aromatic rings. The number of aromatic amines is 1. The van der Waals surface area contributed by atoms with Crippen molar-refractivity contribution >= 4 is 5.69 Å². The summed E-state index contributed by atoms with van der Waals surface area (Å²) in [7, 11) is 2.21. The number of anilines is 1. The van der Waals surface area contributed by atoms with Crippen LogP contribution in [0.25, 0.3) is 11.3 Å². The minimum Gasteiger partial charge on any atom is -0.382 e. The van der Waals surface area contributed by atoms with E-state index in [0.29, 0.717) is 12.1 Å². The quantitative estimate of drug-likeness (QED) is 0.901. The fourth-order valence-corrected chi connectivity index (χ4v) is 2.85. The zero-order valence-corrected chi connectivity index (χ0v) is 12.1. The molecule has 3 rings (SSSR count). The normalized spacial score (nSPS) is 23.7. The summed E-state index contributed by atoms with van der Waals surface area (Å²) in [6, 6.07) is 11.7. The first-order valence-corrected chi connectivity index (χ1v) is 7.29. The van der Waals surface area contributed by atoms with Gasteiger partial charge in [0.05, 0.1) is 5.69 Å². The number of aromatic nitrogens is 2. The predicted octanol–water partition coefficient (Wildman–Crippen LogP) is 2.97. The highest BCUT2D eigenvalue weighted by Gasteiger charge is 2.22. The molecule has 106 valence electrons. The number of piperidine rings is 1. The molecule has 1 saturated heterocycles. The molecule has 2 atom stereocenters. The van der Waals surface area contributed by atoms with E-state index in [2.05, 4.69) is 58.7 Å². The Kier molecular flexibility index (Phi) is 3.74. The Morgan fingerprint density at radius 3 is 3.00 bits per heavy atom. The van der Waals surface area contributed by atoms with Gasteiger partial charge in [-0.1, -0.05) is 12.1 Å². The van der Waals surface area contributed by atoms with Crippen molar-refractivity contribution in [1.82, 2.24) is 15.1 Å². The van der Waals surface area contributed by atoms with Crippen LogP contribution >= 0.6 is 0 Å². The van der Waals surface area contributed by atoms with Crippen LogP contribution in [0.1, 0.15) is 19.8 Å². The molecule has 1 aliphatic rings. The van der Waals surface area contributed by atoms with E-state index >= 15 is 0 Å². The number of benzene rings is 1. The van der Waals surface area contributed by atoms with Gasteiger partial charge in [0.2, 0.25) is 0 Å². The zero-order valence-electron chi connectivity index (χ0n) is 12.1. The van der Waals surface area contributed by atoms with Crippen molar-refractivity contribution in [2.45, 2.75) is 31.8 Å². The van der Waals surface area contributed by atoms with Gasteiger partial charge in [0, 0.05) is 36.1 Å². The molecule has 4 nitrogen and oxygen atoms in total. The molecule has 1 aromatic carbocycles. The van der Waals surface area contributed by atoms with Crippen LogP contribution in [0.15, 0.2) is 36.5 Å². The van der Waals surface area contributed by atoms with E-state index in [4.69, 9.17) is 0 Å². The van der Waals surface area contributed by atoms with Gasteiger partial charge in [0.1, 0.15) is 0 Å². The Balaban J connectivity index is 1.70. The first-order valence-electron chi connectivity index (χ1n) is 7.29. The highest BCUT2D eigenvalue weighted by Crippen LogP contribution is 2.23. The highest BCUT2D eigenvalue weighted by molar-refractivity contribution is 5.64. The standard InChI is InChI=1S/C16H22N4/c1-12-10-15(7-9-20(12)2)18-14-5-3-4-13(11-14)16-6-8-17-19-16/h3-6,8,11-12,15,18H,7,9-10H2,1-2H3,(H,17,19). The monoisotopic (exact) mass is 270 g/mol. The van der Waals surface area contributed by atoms with Gasteiger partial charge < -0.3 is 10.2 Å². The molecule has 2 heterocycles. The van der Waals surface area contributed by atoms with Gasteiger partial charge in [0.25, 0.3) is 0 Å². The van der Waals surface area contributed by atoms with E-state index < -0.39 is 0 Å². The minimum absolute atomic E-state index is 0.568. The van der Waals surface area contributed by atoms with Crippen LogP contribution in [-0.2, 0) is 0 Å². The Hall–Kier alpha value is -1.81. The fraction of sp³-hybridized carbons (Fsp3) is 0.438. The lowest BCUT2D eigenvalue weighted by atomic mass is 9.98. The van der Waals surface area contributed by atoms with Crippen molar-refractivity contribution in [2.24, 2.45) is 0 Å². The molecule has 0 saturated carbocycles. The molecule has 0 bridgehead atoms. The minimum atomic E-state index is 0.568. The van der Waals surface area contributed by atoms with Gasteiger partial charge in [0.15, 0.2) is 0 Å². The molecule has 0 aliphatic carbocycles. The molecule has 1 aromatic heterocycles. The van der Waals surface area contributed by atoms with Gasteiger partial charge in [-0.2, -0.15) is 5.10 Å². The summed E-state index contributed by atoms with van der Waals surface area (Å²) in [6.07, 6.45) is 4.19. The number of H-pyrrole nitrogens is 1. The SMILES string of the molecule is CC1CC(Nc2cccc(-c3ccn[nH]3)c2)CCN1C. The summed E-state index contributed by atoms with van der Waals surface area (Å²) < 4.78 is 0. The van der Waals surface area contributed by atoms with Crippen LogP contribution in [0.3, 0.4) is 0 Å². The van der Waals surface area contributed by atoms with E-state index in [0.717, 1.165) is 5.69 Å². The number of likely N-dealkylation sites (tertiary alicyclic amines) is 1. The largest absolute Gasteiger partial charge is 0.382 e. The summed E-state index contributed by atoms with van der Waals surface area (Å²) in [5.74, 6) is 0. The van der Waals surface area contributed by atoms with Gasteiger partial charge in [-0.3, -0.25) is 5.10 Å². The van der Waals surface area contributed by atoms with E-state index in [9.17, 15) is 0 Å². The van der Waals surface area contributed by atoms with E-state index in [1.165, 1.54) is 30.6 Å². The van der Waals surface area contributed by atoms with Gasteiger partial charge in [-0.05, 0) is 45.0 Å². The lowest BCUT2D eigenvalue weighted by Crippen LogP contribution is -2.42. The topological polar surface area (TPSA) is 44.0 Å². The highest BCUT2D eigenvalue weighted by atomic mass is 15.1. The molecule has 20 heavy (non-hydrogen) atoms. The zero-order chi connectivity index (χ0) is 13.9. The molecular formula is C16H22N4. The van der Waals surface area contributed by atoms with Crippen LogP contribution in [0, 0.1) is 0 Å². The Morgan fingerprint density at radius 1 is 1.35 bits per heavy atom. The van der Waals surface area contributed by atoms with Crippen molar-refractivity contribution in [1.29, 1.82) is 0 Å². The van der Waals surface area contributed by atoms with Crippen molar-refractivity contribution in [3.05, 3.63) is 36.5 Å². The molecule has 2 unspecified atom stereocenters. The maximum absolute atomic E-state index is 4.01. The smallest absolute Gasteiger partial charge is 0.0650 e. The molecule has 0 amide bonds. The maximum Gasteiger partial charge on any atom is 0.0650 e. The van der Waals surface area contributed by atoms with Crippen molar-refractivity contribution in [3.63, 3.8) is 0 Å². The van der Waals surface area contributed by atoms with Gasteiger partial charge in [-0.25, -0.2) is 0 Å². The molecule has 0 radical (unpaired) electrons. The summed E-state index contributed by atoms with van der Waals surface area (Å²) in [5.41, 5.74) is 3.43. The van der Waals surface area contributed by atoms with E-state index in [1.807, 2.05) is 6.07 Å². The first-order chi connectivity index (χ1) is 9.72. The third-order valence-electron chi connectivity index (χ3n) is 4.25. The van der Waals surface area contributed by atoms with E-state index in [1.54, 1.807) is 6.20 Å². The van der Waals surface area contributed by atoms with Crippen LogP contribution in [0.4, 0.5) is 5.69 Å². The van der Waals surface area contributed by atoms with Crippen LogP contribution in [0.5, 0.6) is 0 Å². The number of nitrogens with one attached hydrogen (secondary N) is 2. The third kappa shape index (κ3) is 2.85. The summed E-state index contributed by atoms with van der Waals surface area (Å²) >= 11 is 0. The molecule has 0 spiro atoms. The molecule has 2 N–H and O–H groups in total. The molecule has 4 heteroatoms. The first kappa shape index (κ1) is 13.2. The number of rotatable bonds is 3. The van der Waals surface area contributed by atoms with E-state index in [-0.39, 0.29) is 0 Å². The number of hydrogen-bond donors (Lipinski definition) is 2. The summed E-state index contributed by atoms with van der Waals surface area (Å²) in [4.78, 5) is 2.43. The number of nitrogens with zero attached hydrogens (tertiary/aromatic N) is 2. The summed E-state index contributed by atoms with van der Waals surface area (Å²) in [6.45, 7) is 3.47. The second-order valence-electron chi connectivity index (χ2n) is 5.75. The fourth-order valence-electron chi connectivity index (χ4n) is 2.85. The molecule has 1 aliphatic heterocycles. The lowest BCUT2D eigenvalue weighted by Gasteiger charge is -2.35. The molecular weight excluding hydrogens is 248 g/mol. The maximum atomic E-state index is 4.01. The van der Waals surface area contributed by atoms with Gasteiger partial charge in [-0.15, -0.1) is 0 Å². The van der Waals surface area contributed by atoms with Crippen LogP contribution in [-0.4, -0.2) is 40.8 Å². The Morgan fingerprint density at radius 2 is 2.25 bits per heavy atom. The predicted molar refractivity (Wildman–Crippen MR) is 82.8 cm³/mol. The Labute approximate surface area is 120 Å². The lowest BCUT2D eigenvalue weighted by molar-refractivity contribution is 0.190. The second-order valence-corrected chi connectivity index (χ2v) is 5.75. The van der Waals surface area contributed by atoms with Gasteiger partial charge >= 0.3 is 0 Å². The summed E-state index contributed by atoms with van der Waals surface area (Å²) in [5, 5.41) is 10.7. The average Bonchev–Trinajstić information content (AvgIpc) is 2.97. The third-order valence-corrected chi connectivity index (χ3v) is 4.25.